The molecule has 1 unspecified atom stereocenters. The minimum absolute atomic E-state index is 0.113. The Morgan fingerprint density at radius 3 is 2.50 bits per heavy atom. The molecular weight excluding hydrogens is 348 g/mol. The number of Topliss-reactive ketones (excluding diaryl/α,β-unsaturated/α-hetero) is 1. The quantitative estimate of drug-likeness (QED) is 0.482. The van der Waals surface area contributed by atoms with Crippen molar-refractivity contribution in [1.29, 1.82) is 0 Å². The SMILES string of the molecule is CN(C)CCCN1C(=O)C(=O)C(=C(O)c2ccccc2)C1c1cccs1. The van der Waals surface area contributed by atoms with Gasteiger partial charge in [0.15, 0.2) is 0 Å². The van der Waals surface area contributed by atoms with Crippen molar-refractivity contribution in [3.8, 4) is 0 Å². The predicted molar refractivity (Wildman–Crippen MR) is 103 cm³/mol. The van der Waals surface area contributed by atoms with Crippen molar-refractivity contribution in [1.82, 2.24) is 9.80 Å². The number of benzene rings is 1. The van der Waals surface area contributed by atoms with Gasteiger partial charge in [-0.25, -0.2) is 0 Å². The molecule has 0 radical (unpaired) electrons. The number of likely N-dealkylation sites (tertiary alicyclic amines) is 1. The third-order valence-electron chi connectivity index (χ3n) is 4.40. The highest BCUT2D eigenvalue weighted by Crippen LogP contribution is 2.40. The standard InChI is InChI=1S/C20H22N2O3S/c1-21(2)11-7-12-22-17(15-10-6-13-26-15)16(19(24)20(22)25)18(23)14-8-4-3-5-9-14/h3-6,8-10,13,17,23H,7,11-12H2,1-2H3. The number of amides is 1. The summed E-state index contributed by atoms with van der Waals surface area (Å²) in [5, 5.41) is 12.7. The summed E-state index contributed by atoms with van der Waals surface area (Å²) < 4.78 is 0. The predicted octanol–water partition coefficient (Wildman–Crippen LogP) is 3.12. The lowest BCUT2D eigenvalue weighted by atomic mass is 10.00. The van der Waals surface area contributed by atoms with Crippen LogP contribution in [0.4, 0.5) is 0 Å². The summed E-state index contributed by atoms with van der Waals surface area (Å²) in [6.07, 6.45) is 0.757. The Bertz CT molecular complexity index is 813. The summed E-state index contributed by atoms with van der Waals surface area (Å²) in [6.45, 7) is 1.29. The summed E-state index contributed by atoms with van der Waals surface area (Å²) in [7, 11) is 3.94. The molecule has 1 aromatic heterocycles. The minimum atomic E-state index is -0.616. The molecule has 1 aliphatic rings. The van der Waals surface area contributed by atoms with E-state index in [0.717, 1.165) is 17.8 Å². The van der Waals surface area contributed by atoms with E-state index in [1.807, 2.05) is 42.6 Å². The second-order valence-electron chi connectivity index (χ2n) is 6.53. The molecule has 1 amide bonds. The number of hydrogen-bond acceptors (Lipinski definition) is 5. The summed E-state index contributed by atoms with van der Waals surface area (Å²) in [4.78, 5) is 29.9. The van der Waals surface area contributed by atoms with Crippen molar-refractivity contribution in [2.75, 3.05) is 27.2 Å². The van der Waals surface area contributed by atoms with Crippen molar-refractivity contribution < 1.29 is 14.7 Å². The molecule has 6 heteroatoms. The first-order valence-electron chi connectivity index (χ1n) is 8.52. The molecule has 1 N–H and O–H groups in total. The van der Waals surface area contributed by atoms with Gasteiger partial charge in [-0.3, -0.25) is 9.59 Å². The van der Waals surface area contributed by atoms with Crippen LogP contribution >= 0.6 is 11.3 Å². The fourth-order valence-corrected chi connectivity index (χ4v) is 4.01. The van der Waals surface area contributed by atoms with Crippen molar-refractivity contribution in [2.45, 2.75) is 12.5 Å². The highest BCUT2D eigenvalue weighted by molar-refractivity contribution is 7.10. The van der Waals surface area contributed by atoms with Crippen molar-refractivity contribution >= 4 is 28.8 Å². The molecule has 0 bridgehead atoms. The summed E-state index contributed by atoms with van der Waals surface area (Å²) in [5.41, 5.74) is 0.717. The maximum Gasteiger partial charge on any atom is 0.295 e. The van der Waals surface area contributed by atoms with E-state index in [9.17, 15) is 14.7 Å². The molecule has 3 rings (SSSR count). The van der Waals surface area contributed by atoms with Crippen LogP contribution in [0.1, 0.15) is 22.9 Å². The largest absolute Gasteiger partial charge is 0.507 e. The molecule has 1 aliphatic heterocycles. The smallest absolute Gasteiger partial charge is 0.295 e. The van der Waals surface area contributed by atoms with Gasteiger partial charge in [0.1, 0.15) is 5.76 Å². The van der Waals surface area contributed by atoms with Crippen molar-refractivity contribution in [2.24, 2.45) is 0 Å². The molecule has 2 heterocycles. The number of carbonyl (C=O) groups excluding carboxylic acids is 2. The molecule has 1 atom stereocenters. The normalized spacial score (nSPS) is 19.5. The van der Waals surface area contributed by atoms with Gasteiger partial charge in [-0.2, -0.15) is 0 Å². The summed E-state index contributed by atoms with van der Waals surface area (Å²) in [5.74, 6) is -1.27. The maximum absolute atomic E-state index is 12.7. The van der Waals surface area contributed by atoms with E-state index >= 15 is 0 Å². The highest BCUT2D eigenvalue weighted by Gasteiger charge is 2.46. The Morgan fingerprint density at radius 2 is 1.88 bits per heavy atom. The zero-order valence-corrected chi connectivity index (χ0v) is 15.7. The Balaban J connectivity index is 2.02. The molecule has 0 saturated carbocycles. The number of aliphatic hydroxyl groups excluding tert-OH is 1. The summed E-state index contributed by atoms with van der Waals surface area (Å²) in [6, 6.07) is 12.2. The van der Waals surface area contributed by atoms with E-state index in [1.165, 1.54) is 11.3 Å². The molecule has 1 fully saturated rings. The second kappa shape index (κ2) is 7.85. The van der Waals surface area contributed by atoms with Gasteiger partial charge >= 0.3 is 0 Å². The second-order valence-corrected chi connectivity index (χ2v) is 7.51. The van der Waals surface area contributed by atoms with Gasteiger partial charge in [0.2, 0.25) is 0 Å². The molecule has 2 aromatic rings. The van der Waals surface area contributed by atoms with Crippen LogP contribution in [-0.2, 0) is 9.59 Å². The zero-order chi connectivity index (χ0) is 18.7. The van der Waals surface area contributed by atoms with Crippen LogP contribution in [0.25, 0.3) is 5.76 Å². The van der Waals surface area contributed by atoms with E-state index in [1.54, 1.807) is 29.2 Å². The van der Waals surface area contributed by atoms with Crippen LogP contribution in [0.5, 0.6) is 0 Å². The first kappa shape index (κ1) is 18.4. The molecule has 0 aliphatic carbocycles. The Kier molecular flexibility index (Phi) is 5.54. The average Bonchev–Trinajstić information content (AvgIpc) is 3.24. The number of hydrogen-bond donors (Lipinski definition) is 1. The van der Waals surface area contributed by atoms with E-state index in [0.29, 0.717) is 12.1 Å². The van der Waals surface area contributed by atoms with Gasteiger partial charge in [-0.05, 0) is 38.5 Å². The molecular formula is C20H22N2O3S. The molecule has 0 spiro atoms. The van der Waals surface area contributed by atoms with Crippen molar-refractivity contribution in [3.05, 3.63) is 63.9 Å². The van der Waals surface area contributed by atoms with Gasteiger partial charge in [-0.15, -0.1) is 11.3 Å². The average molecular weight is 370 g/mol. The fourth-order valence-electron chi connectivity index (χ4n) is 3.16. The maximum atomic E-state index is 12.7. The number of ketones is 1. The third-order valence-corrected chi connectivity index (χ3v) is 5.33. The van der Waals surface area contributed by atoms with Crippen LogP contribution in [0.3, 0.4) is 0 Å². The number of thiophene rings is 1. The zero-order valence-electron chi connectivity index (χ0n) is 14.9. The van der Waals surface area contributed by atoms with Crippen LogP contribution in [0, 0.1) is 0 Å². The lowest BCUT2D eigenvalue weighted by Gasteiger charge is -2.24. The topological polar surface area (TPSA) is 60.9 Å². The number of nitrogens with zero attached hydrogens (tertiary/aromatic N) is 2. The fraction of sp³-hybridized carbons (Fsp3) is 0.300. The first-order valence-corrected chi connectivity index (χ1v) is 9.40. The van der Waals surface area contributed by atoms with E-state index < -0.39 is 17.7 Å². The van der Waals surface area contributed by atoms with Gasteiger partial charge in [0.05, 0.1) is 11.6 Å². The molecule has 5 nitrogen and oxygen atoms in total. The van der Waals surface area contributed by atoms with Gasteiger partial charge < -0.3 is 14.9 Å². The van der Waals surface area contributed by atoms with E-state index in [4.69, 9.17) is 0 Å². The number of aliphatic hydroxyl groups is 1. The van der Waals surface area contributed by atoms with Crippen LogP contribution < -0.4 is 0 Å². The monoisotopic (exact) mass is 370 g/mol. The molecule has 26 heavy (non-hydrogen) atoms. The number of carbonyl (C=O) groups is 2. The summed E-state index contributed by atoms with van der Waals surface area (Å²) >= 11 is 1.48. The lowest BCUT2D eigenvalue weighted by Crippen LogP contribution is -2.32. The third kappa shape index (κ3) is 3.57. The Hall–Kier alpha value is -2.44. The van der Waals surface area contributed by atoms with E-state index in [2.05, 4.69) is 0 Å². The molecule has 1 aromatic carbocycles. The lowest BCUT2D eigenvalue weighted by molar-refractivity contribution is -0.139. The van der Waals surface area contributed by atoms with Crippen molar-refractivity contribution in [3.63, 3.8) is 0 Å². The molecule has 136 valence electrons. The Labute approximate surface area is 157 Å². The van der Waals surface area contributed by atoms with Gasteiger partial charge in [0, 0.05) is 17.0 Å². The molecule has 1 saturated heterocycles. The van der Waals surface area contributed by atoms with Crippen LogP contribution in [0.2, 0.25) is 0 Å². The van der Waals surface area contributed by atoms with E-state index in [-0.39, 0.29) is 11.3 Å². The minimum Gasteiger partial charge on any atom is -0.507 e. The number of rotatable bonds is 6. The van der Waals surface area contributed by atoms with Gasteiger partial charge in [-0.1, -0.05) is 36.4 Å². The highest BCUT2D eigenvalue weighted by atomic mass is 32.1. The van der Waals surface area contributed by atoms with Gasteiger partial charge in [0.25, 0.3) is 11.7 Å². The van der Waals surface area contributed by atoms with Crippen LogP contribution in [0.15, 0.2) is 53.4 Å². The van der Waals surface area contributed by atoms with Crippen LogP contribution in [-0.4, -0.2) is 53.8 Å². The first-order chi connectivity index (χ1) is 12.5. The Morgan fingerprint density at radius 1 is 1.15 bits per heavy atom.